The lowest BCUT2D eigenvalue weighted by Gasteiger charge is -2.39. The van der Waals surface area contributed by atoms with Crippen LogP contribution in [0.3, 0.4) is 0 Å². The first-order valence-electron chi connectivity index (χ1n) is 7.42. The Kier molecular flexibility index (Phi) is 3.74. The third-order valence-corrected chi connectivity index (χ3v) is 5.88. The van der Waals surface area contributed by atoms with E-state index in [2.05, 4.69) is 6.92 Å². The van der Waals surface area contributed by atoms with E-state index in [1.165, 1.54) is 6.42 Å². The van der Waals surface area contributed by atoms with Gasteiger partial charge in [0.1, 0.15) is 12.6 Å². The molecule has 0 aromatic heterocycles. The normalized spacial score (nSPS) is 35.1. The van der Waals surface area contributed by atoms with Crippen LogP contribution in [0.5, 0.6) is 0 Å². The van der Waals surface area contributed by atoms with Crippen LogP contribution in [-0.4, -0.2) is 57.8 Å². The highest BCUT2D eigenvalue weighted by molar-refractivity contribution is 7.99. The van der Waals surface area contributed by atoms with Crippen LogP contribution >= 0.6 is 11.8 Å². The van der Waals surface area contributed by atoms with E-state index in [9.17, 15) is 9.59 Å². The van der Waals surface area contributed by atoms with E-state index in [0.717, 1.165) is 38.0 Å². The number of amides is 2. The molecule has 5 heteroatoms. The summed E-state index contributed by atoms with van der Waals surface area (Å²) in [6.07, 6.45) is 5.18. The smallest absolute Gasteiger partial charge is 0.246 e. The zero-order valence-corrected chi connectivity index (χ0v) is 12.3. The first-order chi connectivity index (χ1) is 9.20. The molecule has 2 amide bonds. The number of rotatable bonds is 3. The SMILES string of the molecule is CCSC1CCC(N2CC(=O)N3CCCC3C2=O)C1. The average Bonchev–Trinajstić information content (AvgIpc) is 3.03. The predicted octanol–water partition coefficient (Wildman–Crippen LogP) is 1.49. The lowest BCUT2D eigenvalue weighted by Crippen LogP contribution is -2.59. The molecule has 2 aliphatic heterocycles. The minimum absolute atomic E-state index is 0.140. The number of fused-ring (bicyclic) bond motifs is 1. The largest absolute Gasteiger partial charge is 0.329 e. The average molecular weight is 282 g/mol. The molecule has 19 heavy (non-hydrogen) atoms. The molecule has 3 rings (SSSR count). The summed E-state index contributed by atoms with van der Waals surface area (Å²) in [6.45, 7) is 3.29. The Morgan fingerprint density at radius 2 is 2.05 bits per heavy atom. The van der Waals surface area contributed by atoms with Crippen molar-refractivity contribution in [2.75, 3.05) is 18.8 Å². The molecule has 1 aliphatic carbocycles. The van der Waals surface area contributed by atoms with Gasteiger partial charge in [0.05, 0.1) is 0 Å². The predicted molar refractivity (Wildman–Crippen MR) is 76.0 cm³/mol. The van der Waals surface area contributed by atoms with E-state index in [-0.39, 0.29) is 17.9 Å². The first-order valence-corrected chi connectivity index (χ1v) is 8.47. The van der Waals surface area contributed by atoms with Crippen molar-refractivity contribution in [1.29, 1.82) is 0 Å². The molecule has 0 spiro atoms. The Labute approximate surface area is 118 Å². The molecule has 3 fully saturated rings. The molecule has 3 unspecified atom stereocenters. The van der Waals surface area contributed by atoms with E-state index < -0.39 is 0 Å². The zero-order chi connectivity index (χ0) is 13.4. The highest BCUT2D eigenvalue weighted by Gasteiger charge is 2.45. The summed E-state index contributed by atoms with van der Waals surface area (Å²) in [5.41, 5.74) is 0. The molecule has 106 valence electrons. The van der Waals surface area contributed by atoms with Gasteiger partial charge in [0.25, 0.3) is 0 Å². The maximum Gasteiger partial charge on any atom is 0.246 e. The van der Waals surface area contributed by atoms with Gasteiger partial charge in [0.15, 0.2) is 0 Å². The van der Waals surface area contributed by atoms with Crippen molar-refractivity contribution in [2.45, 2.75) is 56.4 Å². The van der Waals surface area contributed by atoms with Gasteiger partial charge in [0, 0.05) is 17.8 Å². The number of hydrogen-bond donors (Lipinski definition) is 0. The number of carbonyl (C=O) groups is 2. The van der Waals surface area contributed by atoms with Crippen LogP contribution in [0.25, 0.3) is 0 Å². The summed E-state index contributed by atoms with van der Waals surface area (Å²) in [6, 6.07) is 0.169. The molecule has 2 saturated heterocycles. The van der Waals surface area contributed by atoms with Crippen LogP contribution < -0.4 is 0 Å². The number of thioether (sulfide) groups is 1. The van der Waals surface area contributed by atoms with Crippen LogP contribution in [-0.2, 0) is 9.59 Å². The van der Waals surface area contributed by atoms with E-state index >= 15 is 0 Å². The molecule has 0 aromatic rings. The number of nitrogens with zero attached hydrogens (tertiary/aromatic N) is 2. The van der Waals surface area contributed by atoms with Gasteiger partial charge in [-0.15, -0.1) is 0 Å². The third-order valence-electron chi connectivity index (χ3n) is 4.65. The molecule has 0 radical (unpaired) electrons. The Balaban J connectivity index is 1.68. The molecular formula is C14H22N2O2S. The molecular weight excluding hydrogens is 260 g/mol. The topological polar surface area (TPSA) is 40.6 Å². The number of hydrogen-bond acceptors (Lipinski definition) is 3. The van der Waals surface area contributed by atoms with E-state index in [1.807, 2.05) is 16.7 Å². The van der Waals surface area contributed by atoms with Gasteiger partial charge >= 0.3 is 0 Å². The van der Waals surface area contributed by atoms with Gasteiger partial charge < -0.3 is 9.80 Å². The van der Waals surface area contributed by atoms with Gasteiger partial charge in [0.2, 0.25) is 11.8 Å². The maximum atomic E-state index is 12.5. The Bertz CT molecular complexity index is 388. The van der Waals surface area contributed by atoms with E-state index in [4.69, 9.17) is 0 Å². The fourth-order valence-corrected chi connectivity index (χ4v) is 4.86. The van der Waals surface area contributed by atoms with Crippen molar-refractivity contribution in [3.63, 3.8) is 0 Å². The third kappa shape index (κ3) is 2.37. The quantitative estimate of drug-likeness (QED) is 0.787. The van der Waals surface area contributed by atoms with Gasteiger partial charge in [-0.05, 0) is 37.9 Å². The monoisotopic (exact) mass is 282 g/mol. The second-order valence-electron chi connectivity index (χ2n) is 5.76. The van der Waals surface area contributed by atoms with Crippen molar-refractivity contribution < 1.29 is 9.59 Å². The summed E-state index contributed by atoms with van der Waals surface area (Å²) >= 11 is 1.99. The summed E-state index contributed by atoms with van der Waals surface area (Å²) in [7, 11) is 0. The minimum Gasteiger partial charge on any atom is -0.329 e. The molecule has 0 N–H and O–H groups in total. The van der Waals surface area contributed by atoms with Crippen LogP contribution in [0.15, 0.2) is 0 Å². The van der Waals surface area contributed by atoms with E-state index in [1.54, 1.807) is 4.90 Å². The molecule has 1 saturated carbocycles. The van der Waals surface area contributed by atoms with Crippen molar-refractivity contribution in [3.05, 3.63) is 0 Å². The minimum atomic E-state index is -0.140. The summed E-state index contributed by atoms with van der Waals surface area (Å²) in [5, 5.41) is 0.680. The van der Waals surface area contributed by atoms with Crippen molar-refractivity contribution in [2.24, 2.45) is 0 Å². The molecule has 0 aromatic carbocycles. The molecule has 2 heterocycles. The summed E-state index contributed by atoms with van der Waals surface area (Å²) < 4.78 is 0. The molecule has 4 nitrogen and oxygen atoms in total. The molecule has 3 aliphatic rings. The Morgan fingerprint density at radius 1 is 1.21 bits per heavy atom. The summed E-state index contributed by atoms with van der Waals surface area (Å²) in [4.78, 5) is 28.3. The zero-order valence-electron chi connectivity index (χ0n) is 11.5. The van der Waals surface area contributed by atoms with Gasteiger partial charge in [-0.2, -0.15) is 11.8 Å². The highest BCUT2D eigenvalue weighted by Crippen LogP contribution is 2.35. The van der Waals surface area contributed by atoms with Gasteiger partial charge in [-0.25, -0.2) is 0 Å². The van der Waals surface area contributed by atoms with Crippen LogP contribution in [0, 0.1) is 0 Å². The number of piperazine rings is 1. The lowest BCUT2D eigenvalue weighted by molar-refractivity contribution is -0.155. The van der Waals surface area contributed by atoms with Gasteiger partial charge in [-0.3, -0.25) is 9.59 Å². The molecule has 3 atom stereocenters. The van der Waals surface area contributed by atoms with Crippen LogP contribution in [0.1, 0.15) is 39.0 Å². The summed E-state index contributed by atoms with van der Waals surface area (Å²) in [5.74, 6) is 1.51. The maximum absolute atomic E-state index is 12.5. The van der Waals surface area contributed by atoms with E-state index in [0.29, 0.717) is 17.8 Å². The lowest BCUT2D eigenvalue weighted by atomic mass is 10.1. The van der Waals surface area contributed by atoms with Crippen LogP contribution in [0.2, 0.25) is 0 Å². The number of carbonyl (C=O) groups excluding carboxylic acids is 2. The van der Waals surface area contributed by atoms with Crippen molar-refractivity contribution in [3.8, 4) is 0 Å². The highest BCUT2D eigenvalue weighted by atomic mass is 32.2. The first kappa shape index (κ1) is 13.3. The molecule has 0 bridgehead atoms. The second kappa shape index (κ2) is 5.35. The second-order valence-corrected chi connectivity index (χ2v) is 7.33. The van der Waals surface area contributed by atoms with Crippen LogP contribution in [0.4, 0.5) is 0 Å². The Morgan fingerprint density at radius 3 is 2.84 bits per heavy atom. The fourth-order valence-electron chi connectivity index (χ4n) is 3.72. The Hall–Kier alpha value is -0.710. The van der Waals surface area contributed by atoms with Crippen molar-refractivity contribution in [1.82, 2.24) is 9.80 Å². The fraction of sp³-hybridized carbons (Fsp3) is 0.857. The van der Waals surface area contributed by atoms with Crippen molar-refractivity contribution >= 4 is 23.6 Å². The van der Waals surface area contributed by atoms with Gasteiger partial charge in [-0.1, -0.05) is 6.92 Å². The standard InChI is InChI=1S/C14H22N2O2S/c1-2-19-11-6-5-10(8-11)16-9-13(17)15-7-3-4-12(15)14(16)18/h10-12H,2-9H2,1H3.